The van der Waals surface area contributed by atoms with Gasteiger partial charge in [-0.25, -0.2) is 0 Å². The third-order valence-corrected chi connectivity index (χ3v) is 2.91. The lowest BCUT2D eigenvalue weighted by molar-refractivity contribution is -0.654. The van der Waals surface area contributed by atoms with Crippen molar-refractivity contribution in [1.29, 1.82) is 0 Å². The van der Waals surface area contributed by atoms with Crippen LogP contribution in [-0.4, -0.2) is 5.90 Å². The van der Waals surface area contributed by atoms with Crippen LogP contribution in [0.1, 0.15) is 6.92 Å². The molecule has 88 valence electrons. The first kappa shape index (κ1) is 10.7. The Hall–Kier alpha value is -2.42. The lowest BCUT2D eigenvalue weighted by Gasteiger charge is -2.03. The number of nitrogens with zero attached hydrogens (tertiary/aromatic N) is 2. The predicted molar refractivity (Wildman–Crippen MR) is 70.2 cm³/mol. The molecule has 0 amide bonds. The average molecular weight is 236 g/mol. The number of aromatic nitrogens is 1. The minimum atomic E-state index is -0.208. The maximum absolute atomic E-state index is 11.2. The molecule has 3 rings (SSSR count). The number of pyridine rings is 1. The zero-order valence-electron chi connectivity index (χ0n) is 10.00. The Morgan fingerprint density at radius 2 is 1.67 bits per heavy atom. The van der Waals surface area contributed by atoms with Crippen LogP contribution in [0.25, 0.3) is 21.7 Å². The Kier molecular flexibility index (Phi) is 2.45. The summed E-state index contributed by atoms with van der Waals surface area (Å²) in [6, 6.07) is 16.0. The van der Waals surface area contributed by atoms with Crippen LogP contribution >= 0.6 is 0 Å². The molecule has 0 radical (unpaired) electrons. The van der Waals surface area contributed by atoms with Crippen molar-refractivity contribution in [3.05, 3.63) is 54.7 Å². The summed E-state index contributed by atoms with van der Waals surface area (Å²) in [4.78, 5) is 0. The summed E-state index contributed by atoms with van der Waals surface area (Å²) in [5.74, 6) is -0.208. The topological polar surface area (TPSA) is 39.3 Å². The molecule has 0 spiro atoms. The van der Waals surface area contributed by atoms with Crippen LogP contribution in [0.5, 0.6) is 0 Å². The normalized spacial score (nSPS) is 12.2. The summed E-state index contributed by atoms with van der Waals surface area (Å²) in [6.45, 7) is 1.46. The van der Waals surface area contributed by atoms with Crippen molar-refractivity contribution >= 4 is 27.6 Å². The molecule has 0 unspecified atom stereocenters. The molecule has 0 atom stereocenters. The molecule has 1 heterocycles. The minimum absolute atomic E-state index is 0.208. The van der Waals surface area contributed by atoms with E-state index in [9.17, 15) is 5.11 Å². The van der Waals surface area contributed by atoms with Crippen LogP contribution in [0.3, 0.4) is 0 Å². The van der Waals surface area contributed by atoms with E-state index < -0.39 is 0 Å². The summed E-state index contributed by atoms with van der Waals surface area (Å²) in [5, 5.41) is 18.6. The number of benzene rings is 2. The molecule has 18 heavy (non-hydrogen) atoms. The van der Waals surface area contributed by atoms with E-state index in [-0.39, 0.29) is 5.90 Å². The van der Waals surface area contributed by atoms with E-state index in [1.54, 1.807) is 4.68 Å². The van der Waals surface area contributed by atoms with Crippen LogP contribution in [-0.2, 0) is 0 Å². The van der Waals surface area contributed by atoms with Gasteiger partial charge in [0.05, 0.1) is 5.39 Å². The quantitative estimate of drug-likeness (QED) is 0.275. The Morgan fingerprint density at radius 3 is 2.44 bits per heavy atom. The molecule has 3 heteroatoms. The summed E-state index contributed by atoms with van der Waals surface area (Å²) in [7, 11) is 0. The molecule has 0 aliphatic carbocycles. The van der Waals surface area contributed by atoms with E-state index in [1.807, 2.05) is 48.7 Å². The van der Waals surface area contributed by atoms with Crippen LogP contribution < -0.4 is 9.78 Å². The molecule has 0 saturated heterocycles. The summed E-state index contributed by atoms with van der Waals surface area (Å²) in [5.41, 5.74) is 0.936. The SMILES string of the molecule is C/C([O-])=N/[n+]1cc2ccccc2c2ccccc21. The Bertz CT molecular complexity index is 759. The number of hydrogen-bond donors (Lipinski definition) is 0. The van der Waals surface area contributed by atoms with Gasteiger partial charge in [0.2, 0.25) is 11.7 Å². The maximum Gasteiger partial charge on any atom is 0.245 e. The highest BCUT2D eigenvalue weighted by molar-refractivity contribution is 6.03. The standard InChI is InChI=1S/C15H12N2O/c1-11(18)16-17-10-12-6-2-3-7-13(12)14-8-4-5-9-15(14)17/h2-10H,1H3. The highest BCUT2D eigenvalue weighted by Crippen LogP contribution is 2.21. The van der Waals surface area contributed by atoms with Gasteiger partial charge in [0.1, 0.15) is 0 Å². The molecule has 0 fully saturated rings. The van der Waals surface area contributed by atoms with Gasteiger partial charge in [0.25, 0.3) is 0 Å². The maximum atomic E-state index is 11.2. The molecule has 3 nitrogen and oxygen atoms in total. The summed E-state index contributed by atoms with van der Waals surface area (Å²) in [6.07, 6.45) is 1.89. The van der Waals surface area contributed by atoms with Crippen LogP contribution in [0.4, 0.5) is 0 Å². The number of rotatable bonds is 1. The predicted octanol–water partition coefficient (Wildman–Crippen LogP) is 1.82. The fraction of sp³-hybridized carbons (Fsp3) is 0.0667. The number of para-hydroxylation sites is 1. The van der Waals surface area contributed by atoms with Crippen molar-refractivity contribution in [1.82, 2.24) is 0 Å². The second-order valence-electron chi connectivity index (χ2n) is 4.20. The molecular weight excluding hydrogens is 224 g/mol. The van der Waals surface area contributed by atoms with E-state index in [4.69, 9.17) is 0 Å². The van der Waals surface area contributed by atoms with Gasteiger partial charge in [-0.2, -0.15) is 0 Å². The van der Waals surface area contributed by atoms with E-state index in [0.717, 1.165) is 16.3 Å². The highest BCUT2D eigenvalue weighted by atomic mass is 16.3. The zero-order chi connectivity index (χ0) is 12.5. The van der Waals surface area contributed by atoms with Crippen molar-refractivity contribution in [3.8, 4) is 0 Å². The zero-order valence-corrected chi connectivity index (χ0v) is 10.00. The van der Waals surface area contributed by atoms with Crippen molar-refractivity contribution in [3.63, 3.8) is 0 Å². The first-order valence-corrected chi connectivity index (χ1v) is 5.80. The van der Waals surface area contributed by atoms with Crippen LogP contribution in [0, 0.1) is 0 Å². The molecular formula is C15H12N2O. The van der Waals surface area contributed by atoms with Gasteiger partial charge in [-0.3, -0.25) is 0 Å². The smallest absolute Gasteiger partial charge is 0.245 e. The van der Waals surface area contributed by atoms with Crippen molar-refractivity contribution in [2.45, 2.75) is 6.92 Å². The van der Waals surface area contributed by atoms with Crippen molar-refractivity contribution in [2.75, 3.05) is 0 Å². The fourth-order valence-corrected chi connectivity index (χ4v) is 2.19. The second-order valence-corrected chi connectivity index (χ2v) is 4.20. The third-order valence-electron chi connectivity index (χ3n) is 2.91. The largest absolute Gasteiger partial charge is 0.858 e. The van der Waals surface area contributed by atoms with Gasteiger partial charge in [-0.15, -0.1) is 0 Å². The molecule has 0 saturated carbocycles. The second kappa shape index (κ2) is 4.11. The van der Waals surface area contributed by atoms with E-state index >= 15 is 0 Å². The molecule has 0 N–H and O–H groups in total. The molecule has 0 bridgehead atoms. The summed E-state index contributed by atoms with van der Waals surface area (Å²) < 4.78 is 1.65. The fourth-order valence-electron chi connectivity index (χ4n) is 2.19. The van der Waals surface area contributed by atoms with Crippen molar-refractivity contribution < 1.29 is 9.78 Å². The monoisotopic (exact) mass is 236 g/mol. The van der Waals surface area contributed by atoms with E-state index in [2.05, 4.69) is 11.2 Å². The summed E-state index contributed by atoms with van der Waals surface area (Å²) >= 11 is 0. The van der Waals surface area contributed by atoms with Gasteiger partial charge in [-0.1, -0.05) is 35.0 Å². The third kappa shape index (κ3) is 1.70. The highest BCUT2D eigenvalue weighted by Gasteiger charge is 2.11. The van der Waals surface area contributed by atoms with Crippen LogP contribution in [0.2, 0.25) is 0 Å². The minimum Gasteiger partial charge on any atom is -0.858 e. The first-order chi connectivity index (χ1) is 8.75. The lowest BCUT2D eigenvalue weighted by Crippen LogP contribution is -2.32. The van der Waals surface area contributed by atoms with Crippen LogP contribution in [0.15, 0.2) is 59.8 Å². The molecule has 0 aliphatic heterocycles. The van der Waals surface area contributed by atoms with E-state index in [0.29, 0.717) is 0 Å². The molecule has 3 aromatic rings. The van der Waals surface area contributed by atoms with Gasteiger partial charge < -0.3 is 5.11 Å². The van der Waals surface area contributed by atoms with Crippen molar-refractivity contribution in [2.24, 2.45) is 5.10 Å². The number of hydrogen-bond acceptors (Lipinski definition) is 2. The lowest BCUT2D eigenvalue weighted by atomic mass is 10.1. The Morgan fingerprint density at radius 1 is 1.00 bits per heavy atom. The first-order valence-electron chi connectivity index (χ1n) is 5.80. The molecule has 1 aromatic heterocycles. The van der Waals surface area contributed by atoms with Gasteiger partial charge in [-0.05, 0) is 24.2 Å². The number of fused-ring (bicyclic) bond motifs is 3. The Balaban J connectivity index is 2.50. The molecule has 0 aliphatic rings. The van der Waals surface area contributed by atoms with Gasteiger partial charge >= 0.3 is 0 Å². The van der Waals surface area contributed by atoms with Gasteiger partial charge in [0, 0.05) is 22.7 Å². The Labute approximate surface area is 105 Å². The van der Waals surface area contributed by atoms with Gasteiger partial charge in [0.15, 0.2) is 0 Å². The van der Waals surface area contributed by atoms with E-state index in [1.165, 1.54) is 12.3 Å². The average Bonchev–Trinajstić information content (AvgIpc) is 2.38. The molecule has 2 aromatic carbocycles.